The van der Waals surface area contributed by atoms with Crippen molar-refractivity contribution in [3.63, 3.8) is 0 Å². The molecule has 1 amide bonds. The van der Waals surface area contributed by atoms with Crippen molar-refractivity contribution >= 4 is 27.8 Å². The Bertz CT molecular complexity index is 1120. The molecule has 0 saturated carbocycles. The van der Waals surface area contributed by atoms with Crippen LogP contribution in [0.1, 0.15) is 35.5 Å². The molecule has 1 aromatic heterocycles. The van der Waals surface area contributed by atoms with Gasteiger partial charge < -0.3 is 15.2 Å². The highest BCUT2D eigenvalue weighted by Crippen LogP contribution is 2.25. The number of aryl methyl sites for hydroxylation is 2. The zero-order valence-electron chi connectivity index (χ0n) is 17.8. The van der Waals surface area contributed by atoms with Gasteiger partial charge in [-0.15, -0.1) is 0 Å². The van der Waals surface area contributed by atoms with Crippen LogP contribution in [0.2, 0.25) is 0 Å². The van der Waals surface area contributed by atoms with Crippen LogP contribution in [-0.4, -0.2) is 32.4 Å². The Balaban J connectivity index is 1.67. The molecule has 2 aromatic carbocycles. The lowest BCUT2D eigenvalue weighted by Crippen LogP contribution is -2.38. The summed E-state index contributed by atoms with van der Waals surface area (Å²) in [5.41, 5.74) is 2.47. The first-order valence-electron chi connectivity index (χ1n) is 9.67. The first kappa shape index (κ1) is 22.6. The van der Waals surface area contributed by atoms with Crippen molar-refractivity contribution in [2.24, 2.45) is 7.05 Å². The van der Waals surface area contributed by atoms with Crippen LogP contribution in [0, 0.1) is 6.92 Å². The zero-order valence-corrected chi connectivity index (χ0v) is 19.4. The van der Waals surface area contributed by atoms with Gasteiger partial charge in [-0.3, -0.25) is 9.48 Å². The predicted molar refractivity (Wildman–Crippen MR) is 121 cm³/mol. The molecule has 7 nitrogen and oxygen atoms in total. The number of carboxylic acid groups (broad SMARTS) is 1. The summed E-state index contributed by atoms with van der Waals surface area (Å²) in [6.45, 7) is 5.14. The maximum Gasteiger partial charge on any atom is 0.347 e. The maximum atomic E-state index is 12.6. The smallest absolute Gasteiger partial charge is 0.347 e. The van der Waals surface area contributed by atoms with E-state index in [1.54, 1.807) is 29.9 Å². The molecule has 0 aliphatic rings. The highest BCUT2D eigenvalue weighted by molar-refractivity contribution is 9.10. The minimum atomic E-state index is -1.33. The van der Waals surface area contributed by atoms with Gasteiger partial charge in [0.15, 0.2) is 11.3 Å². The quantitative estimate of drug-likeness (QED) is 0.519. The van der Waals surface area contributed by atoms with Crippen LogP contribution in [-0.2, 0) is 18.4 Å². The van der Waals surface area contributed by atoms with E-state index in [9.17, 15) is 14.7 Å². The van der Waals surface area contributed by atoms with E-state index in [0.717, 1.165) is 26.9 Å². The molecule has 0 aliphatic heterocycles. The first-order valence-corrected chi connectivity index (χ1v) is 10.5. The van der Waals surface area contributed by atoms with Gasteiger partial charge in [0.2, 0.25) is 0 Å². The predicted octanol–water partition coefficient (Wildman–Crippen LogP) is 4.33. The van der Waals surface area contributed by atoms with Crippen molar-refractivity contribution in [1.82, 2.24) is 15.1 Å². The van der Waals surface area contributed by atoms with Crippen LogP contribution >= 0.6 is 15.9 Å². The van der Waals surface area contributed by atoms with Gasteiger partial charge in [0.25, 0.3) is 5.91 Å². The van der Waals surface area contributed by atoms with Gasteiger partial charge in [0.05, 0.1) is 5.69 Å². The second kappa shape index (κ2) is 8.93. The number of benzene rings is 2. The Morgan fingerprint density at radius 2 is 1.84 bits per heavy atom. The van der Waals surface area contributed by atoms with E-state index in [1.165, 1.54) is 13.8 Å². The number of halogens is 1. The van der Waals surface area contributed by atoms with Crippen LogP contribution in [0.5, 0.6) is 5.75 Å². The third-order valence-corrected chi connectivity index (χ3v) is 5.35. The lowest BCUT2D eigenvalue weighted by atomic mass is 10.1. The molecule has 8 heteroatoms. The van der Waals surface area contributed by atoms with Crippen LogP contribution in [0.25, 0.3) is 11.3 Å². The minimum absolute atomic E-state index is 0.274. The number of nitrogens with zero attached hydrogens (tertiary/aromatic N) is 2. The van der Waals surface area contributed by atoms with E-state index in [-0.39, 0.29) is 5.91 Å². The summed E-state index contributed by atoms with van der Waals surface area (Å²) in [5.74, 6) is -0.823. The van der Waals surface area contributed by atoms with Gasteiger partial charge in [-0.1, -0.05) is 40.2 Å². The third kappa shape index (κ3) is 5.32. The fraction of sp³-hybridized carbons (Fsp3) is 0.261. The van der Waals surface area contributed by atoms with Crippen molar-refractivity contribution in [1.29, 1.82) is 0 Å². The number of hydrogen-bond acceptors (Lipinski definition) is 4. The summed E-state index contributed by atoms with van der Waals surface area (Å²) in [6, 6.07) is 14.9. The van der Waals surface area contributed by atoms with Gasteiger partial charge in [-0.2, -0.15) is 5.10 Å². The van der Waals surface area contributed by atoms with Crippen LogP contribution in [0.4, 0.5) is 0 Å². The van der Waals surface area contributed by atoms with Gasteiger partial charge in [0, 0.05) is 18.1 Å². The molecule has 0 atom stereocenters. The molecule has 2 N–H and O–H groups in total. The highest BCUT2D eigenvalue weighted by Gasteiger charge is 2.29. The van der Waals surface area contributed by atoms with Crippen molar-refractivity contribution in [3.8, 4) is 17.0 Å². The summed E-state index contributed by atoms with van der Waals surface area (Å²) in [7, 11) is 1.80. The molecule has 0 radical (unpaired) electrons. The Kier molecular flexibility index (Phi) is 6.50. The number of aliphatic carboxylic acids is 1. The highest BCUT2D eigenvalue weighted by atomic mass is 79.9. The van der Waals surface area contributed by atoms with Crippen LogP contribution in [0.15, 0.2) is 53.0 Å². The molecule has 0 unspecified atom stereocenters. The molecule has 31 heavy (non-hydrogen) atoms. The number of ether oxygens (including phenoxy) is 1. The van der Waals surface area contributed by atoms with E-state index >= 15 is 0 Å². The molecule has 0 aliphatic carbocycles. The fourth-order valence-corrected chi connectivity index (χ4v) is 3.26. The largest absolute Gasteiger partial charge is 0.478 e. The first-order chi connectivity index (χ1) is 14.6. The number of aromatic nitrogens is 2. The van der Waals surface area contributed by atoms with E-state index < -0.39 is 11.6 Å². The maximum absolute atomic E-state index is 12.6. The molecule has 162 valence electrons. The molecule has 1 heterocycles. The van der Waals surface area contributed by atoms with E-state index in [0.29, 0.717) is 18.0 Å². The van der Waals surface area contributed by atoms with E-state index in [4.69, 9.17) is 4.74 Å². The summed E-state index contributed by atoms with van der Waals surface area (Å²) >= 11 is 3.42. The van der Waals surface area contributed by atoms with Crippen LogP contribution < -0.4 is 10.1 Å². The number of amides is 1. The van der Waals surface area contributed by atoms with Crippen molar-refractivity contribution in [2.45, 2.75) is 32.9 Å². The standard InChI is InChI=1S/C23H24BrN3O4/c1-14-11-15(5-10-20(14)31-23(2,3)22(29)30)13-25-21(28)18-12-19(27(4)26-18)16-6-8-17(24)9-7-16/h5-12H,13H2,1-4H3,(H,25,28)(H,29,30). The Morgan fingerprint density at radius 1 is 1.16 bits per heavy atom. The number of rotatable bonds is 7. The molecule has 0 saturated heterocycles. The normalized spacial score (nSPS) is 11.3. The van der Waals surface area contributed by atoms with Crippen LogP contribution in [0.3, 0.4) is 0 Å². The van der Waals surface area contributed by atoms with E-state index in [1.807, 2.05) is 37.3 Å². The van der Waals surface area contributed by atoms with Gasteiger partial charge in [-0.05, 0) is 61.7 Å². The van der Waals surface area contributed by atoms with E-state index in [2.05, 4.69) is 26.3 Å². The van der Waals surface area contributed by atoms with Crippen molar-refractivity contribution < 1.29 is 19.4 Å². The molecule has 3 aromatic rings. The minimum Gasteiger partial charge on any atom is -0.478 e. The zero-order chi connectivity index (χ0) is 22.8. The third-order valence-electron chi connectivity index (χ3n) is 4.83. The summed E-state index contributed by atoms with van der Waals surface area (Å²) in [5, 5.41) is 16.4. The SMILES string of the molecule is Cc1cc(CNC(=O)c2cc(-c3ccc(Br)cc3)n(C)n2)ccc1OC(C)(C)C(=O)O. The average Bonchev–Trinajstić information content (AvgIpc) is 3.10. The second-order valence-corrected chi connectivity index (χ2v) is 8.66. The molecular weight excluding hydrogens is 462 g/mol. The topological polar surface area (TPSA) is 93.5 Å². The summed E-state index contributed by atoms with van der Waals surface area (Å²) in [6.07, 6.45) is 0. The van der Waals surface area contributed by atoms with Gasteiger partial charge >= 0.3 is 5.97 Å². The monoisotopic (exact) mass is 485 g/mol. The lowest BCUT2D eigenvalue weighted by Gasteiger charge is -2.23. The number of carboxylic acids is 1. The lowest BCUT2D eigenvalue weighted by molar-refractivity contribution is -0.152. The molecule has 3 rings (SSSR count). The summed E-state index contributed by atoms with van der Waals surface area (Å²) < 4.78 is 8.27. The summed E-state index contributed by atoms with van der Waals surface area (Å²) in [4.78, 5) is 23.9. The average molecular weight is 486 g/mol. The molecule has 0 bridgehead atoms. The Morgan fingerprint density at radius 3 is 2.45 bits per heavy atom. The number of carbonyl (C=O) groups excluding carboxylic acids is 1. The fourth-order valence-electron chi connectivity index (χ4n) is 3.00. The Labute approximate surface area is 189 Å². The van der Waals surface area contributed by atoms with Gasteiger partial charge in [-0.25, -0.2) is 4.79 Å². The van der Waals surface area contributed by atoms with Crippen molar-refractivity contribution in [3.05, 3.63) is 69.8 Å². The molecular formula is C23H24BrN3O4. The molecule has 0 fully saturated rings. The number of carbonyl (C=O) groups is 2. The second-order valence-electron chi connectivity index (χ2n) is 7.75. The number of hydrogen-bond donors (Lipinski definition) is 2. The Hall–Kier alpha value is -3.13. The molecule has 0 spiro atoms. The van der Waals surface area contributed by atoms with Crippen molar-refractivity contribution in [2.75, 3.05) is 0 Å². The number of nitrogens with one attached hydrogen (secondary N) is 1. The van der Waals surface area contributed by atoms with Gasteiger partial charge in [0.1, 0.15) is 5.75 Å².